The fourth-order valence-corrected chi connectivity index (χ4v) is 8.19. The number of rotatable bonds is 7. The second kappa shape index (κ2) is 11.1. The van der Waals surface area contributed by atoms with Gasteiger partial charge in [0.15, 0.2) is 19.7 Å². The van der Waals surface area contributed by atoms with Crippen molar-refractivity contribution in [2.75, 3.05) is 11.5 Å². The first kappa shape index (κ1) is 30.3. The summed E-state index contributed by atoms with van der Waals surface area (Å²) in [5.74, 6) is 0.886. The van der Waals surface area contributed by atoms with Crippen molar-refractivity contribution in [2.45, 2.75) is 88.7 Å². The fourth-order valence-electron chi connectivity index (χ4n) is 4.17. The number of hydrogen-bond donors (Lipinski definition) is 0. The maximum Gasteiger partial charge on any atom is 0.494 e. The summed E-state index contributed by atoms with van der Waals surface area (Å²) in [6, 6.07) is 10.6. The van der Waals surface area contributed by atoms with Crippen LogP contribution < -0.4 is 5.46 Å². The van der Waals surface area contributed by atoms with E-state index in [-0.39, 0.29) is 5.75 Å². The molecule has 0 amide bonds. The summed E-state index contributed by atoms with van der Waals surface area (Å²) in [5.41, 5.74) is 1.61. The number of halogens is 1. The van der Waals surface area contributed by atoms with Gasteiger partial charge in [-0.1, -0.05) is 35.0 Å². The predicted octanol–water partition coefficient (Wildman–Crippen LogP) is 5.42. The van der Waals surface area contributed by atoms with Crippen LogP contribution in [0.15, 0.2) is 50.7 Å². The molecular weight excluding hydrogens is 575 g/mol. The third kappa shape index (κ3) is 7.26. The third-order valence-corrected chi connectivity index (χ3v) is 11.8. The van der Waals surface area contributed by atoms with Gasteiger partial charge in [0, 0.05) is 4.47 Å². The lowest BCUT2D eigenvalue weighted by atomic mass is 9.78. The van der Waals surface area contributed by atoms with Gasteiger partial charge >= 0.3 is 7.12 Å². The van der Waals surface area contributed by atoms with Crippen molar-refractivity contribution in [1.29, 1.82) is 0 Å². The molecule has 1 heterocycles. The number of sulfone groups is 2. The Balaban J connectivity index is 0.000000220. The molecule has 2 fully saturated rings. The number of hydrogen-bond acceptors (Lipinski definition) is 6. The van der Waals surface area contributed by atoms with E-state index >= 15 is 0 Å². The Morgan fingerprint density at radius 3 is 1.86 bits per heavy atom. The summed E-state index contributed by atoms with van der Waals surface area (Å²) in [7, 11) is -6.74. The molecule has 2 aliphatic rings. The average molecular weight is 613 g/mol. The Morgan fingerprint density at radius 1 is 0.865 bits per heavy atom. The molecule has 1 aliphatic heterocycles. The summed E-state index contributed by atoms with van der Waals surface area (Å²) < 4.78 is 61.4. The van der Waals surface area contributed by atoms with E-state index in [4.69, 9.17) is 9.31 Å². The lowest BCUT2D eigenvalue weighted by Gasteiger charge is -2.32. The van der Waals surface area contributed by atoms with E-state index in [2.05, 4.69) is 15.9 Å². The predicted molar refractivity (Wildman–Crippen MR) is 153 cm³/mol. The molecule has 4 rings (SSSR count). The minimum absolute atomic E-state index is 0.170. The van der Waals surface area contributed by atoms with E-state index in [0.29, 0.717) is 27.9 Å². The quantitative estimate of drug-likeness (QED) is 0.388. The number of aryl methyl sites for hydroxylation is 2. The molecular formula is C27H38BBrO6S2. The molecule has 2 aromatic rings. The average Bonchev–Trinajstić information content (AvgIpc) is 3.52. The summed E-state index contributed by atoms with van der Waals surface area (Å²) in [6.45, 7) is 13.5. The van der Waals surface area contributed by atoms with Crippen LogP contribution in [0.1, 0.15) is 65.0 Å². The van der Waals surface area contributed by atoms with Gasteiger partial charge in [-0.05, 0) is 108 Å². The van der Waals surface area contributed by atoms with Gasteiger partial charge in [0.2, 0.25) is 0 Å². The maximum atomic E-state index is 12.2. The molecule has 0 N–H and O–H groups in total. The molecule has 0 bridgehead atoms. The lowest BCUT2D eigenvalue weighted by molar-refractivity contribution is 0.00578. The van der Waals surface area contributed by atoms with Gasteiger partial charge < -0.3 is 9.31 Å². The zero-order valence-electron chi connectivity index (χ0n) is 22.8. The zero-order valence-corrected chi connectivity index (χ0v) is 26.0. The molecule has 6 nitrogen and oxygen atoms in total. The van der Waals surface area contributed by atoms with E-state index < -0.39 is 38.0 Å². The maximum absolute atomic E-state index is 12.2. The molecule has 0 spiro atoms. The highest BCUT2D eigenvalue weighted by Gasteiger charge is 2.51. The molecule has 1 saturated heterocycles. The molecule has 1 saturated carbocycles. The van der Waals surface area contributed by atoms with Crippen LogP contribution in [0.4, 0.5) is 0 Å². The Labute approximate surface area is 231 Å². The van der Waals surface area contributed by atoms with Crippen LogP contribution in [0, 0.1) is 19.8 Å². The summed E-state index contributed by atoms with van der Waals surface area (Å²) in [5, 5.41) is 0. The van der Waals surface area contributed by atoms with E-state index in [9.17, 15) is 16.8 Å². The fraction of sp³-hybridized carbons (Fsp3) is 0.556. The summed E-state index contributed by atoms with van der Waals surface area (Å²) in [4.78, 5) is 0.882. The Kier molecular flexibility index (Phi) is 9.12. The molecule has 2 aromatic carbocycles. The SMILES string of the molecule is CCCS(=O)(=O)c1ccc(B2OC(C)(C)C(C)(C)O2)cc1C.Cc1cc(Br)ccc1S(=O)(=O)CC1CC1. The van der Waals surface area contributed by atoms with Crippen LogP contribution in [0.5, 0.6) is 0 Å². The van der Waals surface area contributed by atoms with Crippen molar-refractivity contribution in [3.05, 3.63) is 52.0 Å². The van der Waals surface area contributed by atoms with Crippen LogP contribution in [-0.4, -0.2) is 46.7 Å². The molecule has 10 heteroatoms. The van der Waals surface area contributed by atoms with Crippen LogP contribution in [-0.2, 0) is 29.0 Å². The van der Waals surface area contributed by atoms with Gasteiger partial charge in [-0.15, -0.1) is 0 Å². The molecule has 0 radical (unpaired) electrons. The smallest absolute Gasteiger partial charge is 0.399 e. The van der Waals surface area contributed by atoms with Gasteiger partial charge in [-0.3, -0.25) is 0 Å². The topological polar surface area (TPSA) is 86.7 Å². The van der Waals surface area contributed by atoms with Gasteiger partial charge in [0.25, 0.3) is 0 Å². The van der Waals surface area contributed by atoms with Crippen molar-refractivity contribution in [1.82, 2.24) is 0 Å². The minimum Gasteiger partial charge on any atom is -0.399 e. The van der Waals surface area contributed by atoms with E-state index in [1.54, 1.807) is 24.3 Å². The molecule has 37 heavy (non-hydrogen) atoms. The van der Waals surface area contributed by atoms with Crippen molar-refractivity contribution in [2.24, 2.45) is 5.92 Å². The van der Waals surface area contributed by atoms with Crippen molar-refractivity contribution < 1.29 is 26.1 Å². The highest BCUT2D eigenvalue weighted by molar-refractivity contribution is 9.10. The highest BCUT2D eigenvalue weighted by Crippen LogP contribution is 2.37. The Bertz CT molecular complexity index is 1330. The minimum atomic E-state index is -3.21. The summed E-state index contributed by atoms with van der Waals surface area (Å²) >= 11 is 3.33. The first-order chi connectivity index (χ1) is 17.0. The third-order valence-electron chi connectivity index (χ3n) is 7.16. The zero-order chi connectivity index (χ0) is 27.8. The molecule has 1 aliphatic carbocycles. The van der Waals surface area contributed by atoms with Gasteiger partial charge in [-0.2, -0.15) is 0 Å². The van der Waals surface area contributed by atoms with Gasteiger partial charge in [0.1, 0.15) is 0 Å². The lowest BCUT2D eigenvalue weighted by Crippen LogP contribution is -2.41. The first-order valence-electron chi connectivity index (χ1n) is 12.7. The van der Waals surface area contributed by atoms with E-state index in [1.807, 2.05) is 60.6 Å². The molecule has 204 valence electrons. The molecule has 0 unspecified atom stereocenters. The molecule has 0 aromatic heterocycles. The standard InChI is InChI=1S/C16H25BO4S.C11H13BrO2S/c1-7-10-22(18,19)14-9-8-13(11-12(14)2)17-20-15(3,4)16(5,6)21-17;1-8-6-10(12)4-5-11(8)15(13,14)7-9-2-3-9/h8-9,11H,7,10H2,1-6H3;4-6,9H,2-3,7H2,1H3. The second-order valence-electron chi connectivity index (χ2n) is 11.1. The van der Waals surface area contributed by atoms with Crippen molar-refractivity contribution in [3.63, 3.8) is 0 Å². The van der Waals surface area contributed by atoms with Crippen molar-refractivity contribution >= 4 is 48.2 Å². The number of benzene rings is 2. The van der Waals surface area contributed by atoms with Crippen LogP contribution in [0.2, 0.25) is 0 Å². The largest absolute Gasteiger partial charge is 0.494 e. The van der Waals surface area contributed by atoms with E-state index in [0.717, 1.165) is 33.9 Å². The summed E-state index contributed by atoms with van der Waals surface area (Å²) in [6.07, 6.45) is 2.74. The first-order valence-corrected chi connectivity index (χ1v) is 16.8. The van der Waals surface area contributed by atoms with Gasteiger partial charge in [-0.25, -0.2) is 16.8 Å². The highest BCUT2D eigenvalue weighted by atomic mass is 79.9. The van der Waals surface area contributed by atoms with Gasteiger partial charge in [0.05, 0.1) is 32.5 Å². The van der Waals surface area contributed by atoms with Crippen LogP contribution in [0.3, 0.4) is 0 Å². The van der Waals surface area contributed by atoms with Crippen LogP contribution >= 0.6 is 15.9 Å². The normalized spacial score (nSPS) is 18.9. The monoisotopic (exact) mass is 612 g/mol. The Morgan fingerprint density at radius 2 is 1.38 bits per heavy atom. The second-order valence-corrected chi connectivity index (χ2v) is 16.1. The molecule has 0 atom stereocenters. The van der Waals surface area contributed by atoms with Crippen LogP contribution in [0.25, 0.3) is 0 Å². The Hall–Kier alpha value is -1.20. The van der Waals surface area contributed by atoms with E-state index in [1.165, 1.54) is 0 Å². The van der Waals surface area contributed by atoms with Crippen molar-refractivity contribution in [3.8, 4) is 0 Å².